The Hall–Kier alpha value is -3.99. The third-order valence-corrected chi connectivity index (χ3v) is 5.26. The summed E-state index contributed by atoms with van der Waals surface area (Å²) < 4.78 is 10.5. The molecule has 33 heavy (non-hydrogen) atoms. The number of rotatable bonds is 9. The van der Waals surface area contributed by atoms with Gasteiger partial charge in [-0.15, -0.1) is 0 Å². The number of ether oxygens (including phenoxy) is 2. The number of nitrogens with one attached hydrogen (secondary N) is 1. The topological polar surface area (TPSA) is 131 Å². The number of nitrogens with zero attached hydrogens (tertiary/aromatic N) is 4. The van der Waals surface area contributed by atoms with Crippen LogP contribution in [0.1, 0.15) is 12.7 Å². The van der Waals surface area contributed by atoms with Gasteiger partial charge in [0.1, 0.15) is 5.82 Å². The summed E-state index contributed by atoms with van der Waals surface area (Å²) in [5.41, 5.74) is 0.633. The predicted octanol–water partition coefficient (Wildman–Crippen LogP) is 2.33. The molecule has 1 aromatic heterocycles. The first-order chi connectivity index (χ1) is 15.8. The van der Waals surface area contributed by atoms with Gasteiger partial charge in [0.05, 0.1) is 43.1 Å². The Bertz CT molecular complexity index is 1220. The number of aromatic nitrogens is 2. The van der Waals surface area contributed by atoms with Crippen LogP contribution in [0, 0.1) is 10.1 Å². The lowest BCUT2D eigenvalue weighted by molar-refractivity contribution is -0.384. The van der Waals surface area contributed by atoms with Gasteiger partial charge in [-0.1, -0.05) is 6.92 Å². The molecule has 0 aliphatic rings. The van der Waals surface area contributed by atoms with Crippen molar-refractivity contribution in [1.29, 1.82) is 0 Å². The zero-order valence-electron chi connectivity index (χ0n) is 18.8. The van der Waals surface area contributed by atoms with Gasteiger partial charge >= 0.3 is 0 Å². The van der Waals surface area contributed by atoms with Gasteiger partial charge in [-0.05, 0) is 24.7 Å². The van der Waals surface area contributed by atoms with Crippen molar-refractivity contribution in [2.45, 2.75) is 13.5 Å². The summed E-state index contributed by atoms with van der Waals surface area (Å²) in [6.45, 7) is 2.74. The molecule has 1 heterocycles. The molecule has 0 bridgehead atoms. The van der Waals surface area contributed by atoms with Crippen molar-refractivity contribution in [1.82, 2.24) is 14.9 Å². The molecule has 0 aliphatic heterocycles. The standard InChI is InChI=1S/C22H25N5O6/c1-5-26(13-21(28)25(2)14-6-8-15(9-7-14)27(30)31)12-20-23-17-11-19(33-4)18(32-3)10-16(17)22(29)24-20/h6-11H,5,12-13H2,1-4H3,(H,23,24,29). The number of likely N-dealkylation sites (N-methyl/N-ethyl adjacent to an activating group) is 2. The molecule has 11 heteroatoms. The van der Waals surface area contributed by atoms with Crippen molar-refractivity contribution < 1.29 is 19.2 Å². The Kier molecular flexibility index (Phi) is 7.23. The van der Waals surface area contributed by atoms with Gasteiger partial charge in [0.2, 0.25) is 5.91 Å². The van der Waals surface area contributed by atoms with Gasteiger partial charge < -0.3 is 19.4 Å². The van der Waals surface area contributed by atoms with Crippen LogP contribution in [0.4, 0.5) is 11.4 Å². The van der Waals surface area contributed by atoms with Crippen LogP contribution in [0.2, 0.25) is 0 Å². The maximum absolute atomic E-state index is 12.8. The van der Waals surface area contributed by atoms with Crippen LogP contribution in [-0.2, 0) is 11.3 Å². The lowest BCUT2D eigenvalue weighted by Gasteiger charge is -2.23. The van der Waals surface area contributed by atoms with Gasteiger partial charge in [0.25, 0.3) is 11.2 Å². The lowest BCUT2D eigenvalue weighted by Crippen LogP contribution is -2.38. The number of nitro groups is 1. The van der Waals surface area contributed by atoms with E-state index in [0.717, 1.165) is 0 Å². The number of benzene rings is 2. The van der Waals surface area contributed by atoms with Crippen LogP contribution >= 0.6 is 0 Å². The van der Waals surface area contributed by atoms with E-state index in [1.807, 2.05) is 11.8 Å². The van der Waals surface area contributed by atoms with E-state index < -0.39 is 4.92 Å². The first-order valence-corrected chi connectivity index (χ1v) is 10.2. The molecule has 3 aromatic rings. The zero-order valence-corrected chi connectivity index (χ0v) is 18.8. The third-order valence-electron chi connectivity index (χ3n) is 5.26. The normalized spacial score (nSPS) is 10.9. The van der Waals surface area contributed by atoms with Crippen molar-refractivity contribution in [3.05, 3.63) is 62.7 Å². The molecular formula is C22H25N5O6. The maximum atomic E-state index is 12.8. The maximum Gasteiger partial charge on any atom is 0.269 e. The van der Waals surface area contributed by atoms with Crippen molar-refractivity contribution in [2.75, 3.05) is 39.3 Å². The number of aromatic amines is 1. The fourth-order valence-electron chi connectivity index (χ4n) is 3.32. The summed E-state index contributed by atoms with van der Waals surface area (Å²) in [5, 5.41) is 11.2. The second kappa shape index (κ2) is 10.1. The van der Waals surface area contributed by atoms with Gasteiger partial charge in [0.15, 0.2) is 11.5 Å². The first-order valence-electron chi connectivity index (χ1n) is 10.2. The fraction of sp³-hybridized carbons (Fsp3) is 0.318. The highest BCUT2D eigenvalue weighted by molar-refractivity contribution is 5.94. The summed E-state index contributed by atoms with van der Waals surface area (Å²) in [5.74, 6) is 1.09. The number of hydrogen-bond acceptors (Lipinski definition) is 8. The lowest BCUT2D eigenvalue weighted by atomic mass is 10.2. The summed E-state index contributed by atoms with van der Waals surface area (Å²) >= 11 is 0. The van der Waals surface area contributed by atoms with Crippen LogP contribution in [0.5, 0.6) is 11.5 Å². The number of anilines is 1. The molecule has 0 aliphatic carbocycles. The average Bonchev–Trinajstić information content (AvgIpc) is 2.82. The van der Waals surface area contributed by atoms with E-state index >= 15 is 0 Å². The molecule has 174 valence electrons. The molecular weight excluding hydrogens is 430 g/mol. The van der Waals surface area contributed by atoms with Crippen molar-refractivity contribution in [3.63, 3.8) is 0 Å². The second-order valence-electron chi connectivity index (χ2n) is 7.27. The van der Waals surface area contributed by atoms with Gasteiger partial charge in [-0.3, -0.25) is 24.6 Å². The van der Waals surface area contributed by atoms with E-state index in [1.54, 1.807) is 19.2 Å². The van der Waals surface area contributed by atoms with E-state index in [0.29, 0.717) is 40.5 Å². The third kappa shape index (κ3) is 5.26. The smallest absolute Gasteiger partial charge is 0.269 e. The number of amides is 1. The van der Waals surface area contributed by atoms with Crippen LogP contribution in [0.25, 0.3) is 10.9 Å². The molecule has 3 rings (SSSR count). The van der Waals surface area contributed by atoms with E-state index in [4.69, 9.17) is 9.47 Å². The molecule has 0 spiro atoms. The Morgan fingerprint density at radius 3 is 2.36 bits per heavy atom. The molecule has 11 nitrogen and oxygen atoms in total. The Morgan fingerprint density at radius 1 is 1.15 bits per heavy atom. The Labute approximate surface area is 189 Å². The van der Waals surface area contributed by atoms with E-state index in [1.165, 1.54) is 43.4 Å². The summed E-state index contributed by atoms with van der Waals surface area (Å²) in [6, 6.07) is 8.96. The second-order valence-corrected chi connectivity index (χ2v) is 7.27. The molecule has 0 atom stereocenters. The van der Waals surface area contributed by atoms with Crippen LogP contribution in [-0.4, -0.2) is 60.1 Å². The number of hydrogen-bond donors (Lipinski definition) is 1. The number of H-pyrrole nitrogens is 1. The van der Waals surface area contributed by atoms with Gasteiger partial charge in [-0.25, -0.2) is 4.98 Å². The zero-order chi connectivity index (χ0) is 24.1. The molecule has 0 saturated heterocycles. The number of fused-ring (bicyclic) bond motifs is 1. The van der Waals surface area contributed by atoms with E-state index in [2.05, 4.69) is 9.97 Å². The highest BCUT2D eigenvalue weighted by Crippen LogP contribution is 2.30. The predicted molar refractivity (Wildman–Crippen MR) is 123 cm³/mol. The number of methoxy groups -OCH3 is 2. The fourth-order valence-corrected chi connectivity index (χ4v) is 3.32. The van der Waals surface area contributed by atoms with Crippen LogP contribution < -0.4 is 19.9 Å². The van der Waals surface area contributed by atoms with Gasteiger partial charge in [-0.2, -0.15) is 0 Å². The number of carbonyl (C=O) groups excluding carboxylic acids is 1. The number of nitro benzene ring substituents is 1. The first kappa shape index (κ1) is 23.7. The molecule has 0 fully saturated rings. The van der Waals surface area contributed by atoms with Crippen molar-refractivity contribution >= 4 is 28.2 Å². The SMILES string of the molecule is CCN(CC(=O)N(C)c1ccc([N+](=O)[O-])cc1)Cc1nc2cc(OC)c(OC)cc2c(=O)[nH]1. The van der Waals surface area contributed by atoms with E-state index in [9.17, 15) is 19.7 Å². The minimum absolute atomic E-state index is 0.0460. The Balaban J connectivity index is 1.77. The monoisotopic (exact) mass is 455 g/mol. The van der Waals surface area contributed by atoms with Crippen LogP contribution in [0.15, 0.2) is 41.2 Å². The number of non-ortho nitro benzene ring substituents is 1. The van der Waals surface area contributed by atoms with Crippen LogP contribution in [0.3, 0.4) is 0 Å². The van der Waals surface area contributed by atoms with E-state index in [-0.39, 0.29) is 30.2 Å². The minimum Gasteiger partial charge on any atom is -0.493 e. The summed E-state index contributed by atoms with van der Waals surface area (Å²) in [4.78, 5) is 46.2. The summed E-state index contributed by atoms with van der Waals surface area (Å²) in [7, 11) is 4.60. The highest BCUT2D eigenvalue weighted by atomic mass is 16.6. The highest BCUT2D eigenvalue weighted by Gasteiger charge is 2.18. The Morgan fingerprint density at radius 2 is 1.79 bits per heavy atom. The number of carbonyl (C=O) groups is 1. The average molecular weight is 455 g/mol. The molecule has 2 aromatic carbocycles. The summed E-state index contributed by atoms with van der Waals surface area (Å²) in [6.07, 6.45) is 0. The molecule has 0 saturated carbocycles. The minimum atomic E-state index is -0.493. The van der Waals surface area contributed by atoms with Gasteiger partial charge in [0, 0.05) is 30.9 Å². The quantitative estimate of drug-likeness (QED) is 0.384. The molecule has 1 amide bonds. The largest absolute Gasteiger partial charge is 0.493 e. The molecule has 0 unspecified atom stereocenters. The molecule has 0 radical (unpaired) electrons. The van der Waals surface area contributed by atoms with Crippen molar-refractivity contribution in [3.8, 4) is 11.5 Å². The van der Waals surface area contributed by atoms with Crippen molar-refractivity contribution in [2.24, 2.45) is 0 Å². The molecule has 1 N–H and O–H groups in total.